The van der Waals surface area contributed by atoms with E-state index in [1.165, 1.54) is 89.9 Å². The minimum absolute atomic E-state index is 0.917. The largest absolute Gasteiger partial charge is 0.0654 e. The first kappa shape index (κ1) is 45.0. The Bertz CT molecular complexity index is 371. The van der Waals surface area contributed by atoms with Gasteiger partial charge in [0, 0.05) is 0 Å². The maximum Gasteiger partial charge on any atom is -0.0417 e. The predicted octanol–water partition coefficient (Wildman–Crippen LogP) is 14.7. The molecule has 0 heterocycles. The Balaban J connectivity index is -0.000000204. The monoisotopic (exact) mass is 541 g/mol. The molecule has 0 aliphatic carbocycles. The van der Waals surface area contributed by atoms with E-state index in [4.69, 9.17) is 0 Å². The van der Waals surface area contributed by atoms with E-state index in [1.54, 1.807) is 0 Å². The van der Waals surface area contributed by atoms with Crippen LogP contribution in [0, 0.1) is 47.3 Å². The second-order valence-electron chi connectivity index (χ2n) is 13.5. The lowest BCUT2D eigenvalue weighted by Gasteiger charge is -2.17. The smallest absolute Gasteiger partial charge is 0.0417 e. The van der Waals surface area contributed by atoms with Crippen molar-refractivity contribution >= 4 is 0 Å². The molecule has 0 amide bonds. The van der Waals surface area contributed by atoms with Gasteiger partial charge in [0.2, 0.25) is 0 Å². The number of rotatable bonds is 18. The Labute approximate surface area is 247 Å². The van der Waals surface area contributed by atoms with E-state index in [0.717, 1.165) is 47.3 Å². The van der Waals surface area contributed by atoms with Gasteiger partial charge in [0.25, 0.3) is 0 Å². The van der Waals surface area contributed by atoms with Crippen LogP contribution in [0.5, 0.6) is 0 Å². The van der Waals surface area contributed by atoms with Gasteiger partial charge in [-0.3, -0.25) is 0 Å². The van der Waals surface area contributed by atoms with Crippen LogP contribution in [0.25, 0.3) is 0 Å². The molecule has 0 aromatic heterocycles. The van der Waals surface area contributed by atoms with E-state index in [0.29, 0.717) is 0 Å². The molecular weight excluding hydrogens is 456 g/mol. The highest BCUT2D eigenvalue weighted by Crippen LogP contribution is 2.21. The molecule has 0 aliphatic rings. The van der Waals surface area contributed by atoms with Gasteiger partial charge in [-0.15, -0.1) is 0 Å². The fraction of sp³-hybridized carbons (Fsp3) is 1.00. The van der Waals surface area contributed by atoms with Crippen LogP contribution >= 0.6 is 0 Å². The van der Waals surface area contributed by atoms with E-state index in [1.807, 2.05) is 0 Å². The molecular formula is C38H84. The second kappa shape index (κ2) is 33.2. The summed E-state index contributed by atoms with van der Waals surface area (Å²) in [5, 5.41) is 0. The van der Waals surface area contributed by atoms with E-state index in [2.05, 4.69) is 111 Å². The van der Waals surface area contributed by atoms with E-state index in [-0.39, 0.29) is 0 Å². The standard InChI is InChI=1S/C11H24.C10H22.C9H20.C8H18/c1-5-7-10(3)9-11(4)8-6-2;1-5-7-9(3)10(4)8-6-2;1-5-7-9(4)8(3)6-2;1-5-7(3)8(4)6-2/h10-11H,5-9H2,1-4H3;9-10H,5-8H2,1-4H3;8-9H,5-7H2,1-4H3;7-8H,5-6H2,1-4H3. The summed E-state index contributed by atoms with van der Waals surface area (Å²) < 4.78 is 0. The quantitative estimate of drug-likeness (QED) is 0.162. The summed E-state index contributed by atoms with van der Waals surface area (Å²) in [6, 6.07) is 0. The van der Waals surface area contributed by atoms with Gasteiger partial charge in [-0.05, 0) is 53.8 Å². The Kier molecular flexibility index (Phi) is 39.3. The molecule has 0 saturated heterocycles. The minimum Gasteiger partial charge on any atom is -0.0654 e. The summed E-state index contributed by atoms with van der Waals surface area (Å²) in [4.78, 5) is 0. The first-order valence-corrected chi connectivity index (χ1v) is 17.9. The fourth-order valence-electron chi connectivity index (χ4n) is 5.33. The molecule has 0 fully saturated rings. The van der Waals surface area contributed by atoms with Gasteiger partial charge in [0.1, 0.15) is 0 Å². The number of hydrogen-bond acceptors (Lipinski definition) is 0. The topological polar surface area (TPSA) is 0 Å². The Morgan fingerprint density at radius 2 is 0.500 bits per heavy atom. The zero-order chi connectivity index (χ0) is 30.5. The van der Waals surface area contributed by atoms with Crippen LogP contribution < -0.4 is 0 Å². The molecule has 0 spiro atoms. The molecule has 0 saturated carbocycles. The average molecular weight is 541 g/mol. The van der Waals surface area contributed by atoms with Crippen molar-refractivity contribution in [3.63, 3.8) is 0 Å². The highest BCUT2D eigenvalue weighted by molar-refractivity contribution is 4.61. The van der Waals surface area contributed by atoms with Gasteiger partial charge >= 0.3 is 0 Å². The molecule has 0 aromatic carbocycles. The summed E-state index contributed by atoms with van der Waals surface area (Å²) >= 11 is 0. The third kappa shape index (κ3) is 32.2. The molecule has 0 nitrogen and oxygen atoms in total. The Hall–Kier alpha value is 0. The maximum atomic E-state index is 2.38. The first-order valence-electron chi connectivity index (χ1n) is 17.9. The fourth-order valence-corrected chi connectivity index (χ4v) is 5.33. The third-order valence-corrected chi connectivity index (χ3v) is 9.45. The van der Waals surface area contributed by atoms with Crippen molar-refractivity contribution in [1.29, 1.82) is 0 Å². The average Bonchev–Trinajstić information content (AvgIpc) is 2.88. The summed E-state index contributed by atoms with van der Waals surface area (Å²) in [5.41, 5.74) is 0. The van der Waals surface area contributed by atoms with Crippen LogP contribution in [-0.2, 0) is 0 Å². The molecule has 0 N–H and O–H groups in total. The predicted molar refractivity (Wildman–Crippen MR) is 183 cm³/mol. The van der Waals surface area contributed by atoms with E-state index >= 15 is 0 Å². The molecule has 8 atom stereocenters. The highest BCUT2D eigenvalue weighted by Gasteiger charge is 2.09. The maximum absolute atomic E-state index is 2.38. The van der Waals surface area contributed by atoms with E-state index in [9.17, 15) is 0 Å². The third-order valence-electron chi connectivity index (χ3n) is 9.45. The lowest BCUT2D eigenvalue weighted by Crippen LogP contribution is -2.06. The van der Waals surface area contributed by atoms with Crippen molar-refractivity contribution in [1.82, 2.24) is 0 Å². The minimum atomic E-state index is 0.917. The van der Waals surface area contributed by atoms with Gasteiger partial charge in [0.15, 0.2) is 0 Å². The normalized spacial score (nSPS) is 17.1. The molecule has 0 aliphatic heterocycles. The molecule has 0 bridgehead atoms. The summed E-state index contributed by atoms with van der Waals surface area (Å²) in [6.07, 6.45) is 19.2. The van der Waals surface area contributed by atoms with Crippen molar-refractivity contribution < 1.29 is 0 Å². The van der Waals surface area contributed by atoms with Gasteiger partial charge in [-0.2, -0.15) is 0 Å². The van der Waals surface area contributed by atoms with Crippen LogP contribution in [0.4, 0.5) is 0 Å². The molecule has 8 unspecified atom stereocenters. The molecule has 38 heavy (non-hydrogen) atoms. The van der Waals surface area contributed by atoms with Crippen molar-refractivity contribution in [3.8, 4) is 0 Å². The zero-order valence-electron chi connectivity index (χ0n) is 30.5. The van der Waals surface area contributed by atoms with Crippen LogP contribution in [0.3, 0.4) is 0 Å². The lowest BCUT2D eigenvalue weighted by molar-refractivity contribution is 0.339. The van der Waals surface area contributed by atoms with Crippen molar-refractivity contribution in [3.05, 3.63) is 0 Å². The number of hydrogen-bond donors (Lipinski definition) is 0. The van der Waals surface area contributed by atoms with Gasteiger partial charge in [-0.1, -0.05) is 194 Å². The van der Waals surface area contributed by atoms with Crippen molar-refractivity contribution in [2.24, 2.45) is 47.3 Å². The summed E-state index contributed by atoms with van der Waals surface area (Å²) in [7, 11) is 0. The zero-order valence-corrected chi connectivity index (χ0v) is 30.5. The molecule has 236 valence electrons. The lowest BCUT2D eigenvalue weighted by atomic mass is 9.89. The Morgan fingerprint density at radius 1 is 0.289 bits per heavy atom. The molecule has 0 aromatic rings. The molecule has 0 rings (SSSR count). The molecule has 0 heteroatoms. The van der Waals surface area contributed by atoms with Gasteiger partial charge < -0.3 is 0 Å². The van der Waals surface area contributed by atoms with Crippen LogP contribution in [0.1, 0.15) is 201 Å². The first-order chi connectivity index (χ1) is 17.9. The SMILES string of the molecule is CCC(C)C(C)CC.CCCC(C)C(C)CC.CCCC(C)C(C)CCC.CCCC(C)CC(C)CCC. The van der Waals surface area contributed by atoms with Crippen molar-refractivity contribution in [2.75, 3.05) is 0 Å². The summed E-state index contributed by atoms with van der Waals surface area (Å²) in [6.45, 7) is 37.1. The highest BCUT2D eigenvalue weighted by atomic mass is 14.2. The van der Waals surface area contributed by atoms with E-state index < -0.39 is 0 Å². The van der Waals surface area contributed by atoms with Gasteiger partial charge in [-0.25, -0.2) is 0 Å². The van der Waals surface area contributed by atoms with Gasteiger partial charge in [0.05, 0.1) is 0 Å². The van der Waals surface area contributed by atoms with Crippen LogP contribution in [0.15, 0.2) is 0 Å². The van der Waals surface area contributed by atoms with Crippen LogP contribution in [-0.4, -0.2) is 0 Å². The summed E-state index contributed by atoms with van der Waals surface area (Å²) in [5.74, 6) is 7.45. The molecule has 0 radical (unpaired) electrons. The Morgan fingerprint density at radius 3 is 0.711 bits per heavy atom. The van der Waals surface area contributed by atoms with Crippen LogP contribution in [0.2, 0.25) is 0 Å². The van der Waals surface area contributed by atoms with Crippen molar-refractivity contribution in [2.45, 2.75) is 201 Å². The second-order valence-corrected chi connectivity index (χ2v) is 13.5.